The second-order valence-corrected chi connectivity index (χ2v) is 4.78. The normalized spacial score (nSPS) is 20.1. The molecule has 17 heavy (non-hydrogen) atoms. The lowest BCUT2D eigenvalue weighted by atomic mass is 9.95. The second-order valence-electron chi connectivity index (χ2n) is 4.78. The van der Waals surface area contributed by atoms with Crippen LogP contribution in [0.2, 0.25) is 0 Å². The Labute approximate surface area is 103 Å². The molecule has 3 heteroatoms. The quantitative estimate of drug-likeness (QED) is 0.607. The highest BCUT2D eigenvalue weighted by Crippen LogP contribution is 2.18. The van der Waals surface area contributed by atoms with Gasteiger partial charge in [-0.1, -0.05) is 6.07 Å². The monoisotopic (exact) mass is 234 g/mol. The Bertz CT molecular complexity index is 335. The number of benzene rings is 1. The molecule has 3 N–H and O–H groups in total. The van der Waals surface area contributed by atoms with Gasteiger partial charge in [-0.3, -0.25) is 0 Å². The van der Waals surface area contributed by atoms with E-state index in [1.54, 1.807) is 0 Å². The molecule has 0 amide bonds. The Kier molecular flexibility index (Phi) is 4.68. The first-order chi connectivity index (χ1) is 8.34. The number of piperidine rings is 1. The van der Waals surface area contributed by atoms with E-state index in [2.05, 4.69) is 5.32 Å². The van der Waals surface area contributed by atoms with Gasteiger partial charge < -0.3 is 15.8 Å². The molecule has 3 nitrogen and oxygen atoms in total. The maximum Gasteiger partial charge on any atom is 0.121 e. The molecule has 0 aliphatic carbocycles. The minimum atomic E-state index is 0.763. The summed E-state index contributed by atoms with van der Waals surface area (Å²) in [5, 5.41) is 3.44. The van der Waals surface area contributed by atoms with Crippen molar-refractivity contribution in [2.45, 2.75) is 25.7 Å². The summed E-state index contributed by atoms with van der Waals surface area (Å²) in [5.41, 5.74) is 6.45. The molecule has 0 aromatic heterocycles. The maximum absolute atomic E-state index is 5.69. The van der Waals surface area contributed by atoms with Crippen LogP contribution in [0.1, 0.15) is 25.7 Å². The highest BCUT2D eigenvalue weighted by Gasteiger charge is 2.11. The zero-order valence-corrected chi connectivity index (χ0v) is 10.3. The van der Waals surface area contributed by atoms with Crippen LogP contribution in [-0.4, -0.2) is 19.7 Å². The second kappa shape index (κ2) is 6.50. The summed E-state index contributed by atoms with van der Waals surface area (Å²) in [6, 6.07) is 7.64. The van der Waals surface area contributed by atoms with Crippen LogP contribution in [0.3, 0.4) is 0 Å². The highest BCUT2D eigenvalue weighted by molar-refractivity contribution is 5.43. The predicted molar refractivity (Wildman–Crippen MR) is 71.2 cm³/mol. The first-order valence-corrected chi connectivity index (χ1v) is 6.53. The van der Waals surface area contributed by atoms with Crippen molar-refractivity contribution in [1.29, 1.82) is 0 Å². The highest BCUT2D eigenvalue weighted by atomic mass is 16.5. The van der Waals surface area contributed by atoms with Gasteiger partial charge in [0.05, 0.1) is 6.61 Å². The van der Waals surface area contributed by atoms with E-state index in [1.807, 2.05) is 24.3 Å². The molecule has 0 bridgehead atoms. The predicted octanol–water partition coefficient (Wildman–Crippen LogP) is 2.43. The summed E-state index contributed by atoms with van der Waals surface area (Å²) in [6.45, 7) is 3.16. The number of nitrogen functional groups attached to an aromatic ring is 1. The number of hydrogen-bond donors (Lipinski definition) is 2. The van der Waals surface area contributed by atoms with Gasteiger partial charge >= 0.3 is 0 Å². The molecular formula is C14H22N2O. The van der Waals surface area contributed by atoms with E-state index < -0.39 is 0 Å². The van der Waals surface area contributed by atoms with Gasteiger partial charge in [0.1, 0.15) is 5.75 Å². The minimum Gasteiger partial charge on any atom is -0.494 e. The Balaban J connectivity index is 1.62. The maximum atomic E-state index is 5.69. The van der Waals surface area contributed by atoms with E-state index in [0.29, 0.717) is 0 Å². The molecule has 1 aliphatic rings. The van der Waals surface area contributed by atoms with Crippen LogP contribution in [0.4, 0.5) is 5.69 Å². The van der Waals surface area contributed by atoms with Crippen molar-refractivity contribution in [2.75, 3.05) is 25.4 Å². The molecule has 0 spiro atoms. The van der Waals surface area contributed by atoms with Crippen LogP contribution in [0, 0.1) is 5.92 Å². The smallest absolute Gasteiger partial charge is 0.121 e. The molecule has 2 rings (SSSR count). The zero-order valence-electron chi connectivity index (χ0n) is 10.3. The van der Waals surface area contributed by atoms with Gasteiger partial charge in [0, 0.05) is 11.8 Å². The molecular weight excluding hydrogens is 212 g/mol. The third kappa shape index (κ3) is 4.27. The molecule has 1 aromatic rings. The molecule has 1 heterocycles. The number of anilines is 1. The van der Waals surface area contributed by atoms with Gasteiger partial charge in [0.25, 0.3) is 0 Å². The number of nitrogens with one attached hydrogen (secondary N) is 1. The topological polar surface area (TPSA) is 47.3 Å². The Morgan fingerprint density at radius 1 is 1.41 bits per heavy atom. The molecule has 1 atom stereocenters. The van der Waals surface area contributed by atoms with E-state index >= 15 is 0 Å². The largest absolute Gasteiger partial charge is 0.494 e. The van der Waals surface area contributed by atoms with Crippen LogP contribution < -0.4 is 15.8 Å². The fraction of sp³-hybridized carbons (Fsp3) is 0.571. The summed E-state index contributed by atoms with van der Waals surface area (Å²) in [4.78, 5) is 0. The summed E-state index contributed by atoms with van der Waals surface area (Å²) >= 11 is 0. The lowest BCUT2D eigenvalue weighted by molar-refractivity contribution is 0.275. The lowest BCUT2D eigenvalue weighted by Crippen LogP contribution is -2.29. The molecule has 1 fully saturated rings. The minimum absolute atomic E-state index is 0.763. The zero-order chi connectivity index (χ0) is 11.9. The van der Waals surface area contributed by atoms with Crippen molar-refractivity contribution in [3.8, 4) is 5.75 Å². The molecule has 94 valence electrons. The SMILES string of the molecule is Nc1cccc(OCCCC2CCCNC2)c1. The van der Waals surface area contributed by atoms with Crippen molar-refractivity contribution in [3.63, 3.8) is 0 Å². The summed E-state index contributed by atoms with van der Waals surface area (Å²) in [5.74, 6) is 1.72. The Hall–Kier alpha value is -1.22. The van der Waals surface area contributed by atoms with Gasteiger partial charge in [-0.05, 0) is 56.8 Å². The number of nitrogens with two attached hydrogens (primary N) is 1. The molecule has 1 aromatic carbocycles. The average molecular weight is 234 g/mol. The first-order valence-electron chi connectivity index (χ1n) is 6.53. The van der Waals surface area contributed by atoms with Gasteiger partial charge in [-0.25, -0.2) is 0 Å². The van der Waals surface area contributed by atoms with Crippen LogP contribution in [0.25, 0.3) is 0 Å². The van der Waals surface area contributed by atoms with E-state index in [0.717, 1.165) is 30.4 Å². The van der Waals surface area contributed by atoms with Crippen LogP contribution >= 0.6 is 0 Å². The third-order valence-electron chi connectivity index (χ3n) is 3.28. The van der Waals surface area contributed by atoms with Crippen molar-refractivity contribution < 1.29 is 4.74 Å². The first kappa shape index (κ1) is 12.2. The van der Waals surface area contributed by atoms with E-state index in [-0.39, 0.29) is 0 Å². The van der Waals surface area contributed by atoms with Crippen LogP contribution in [-0.2, 0) is 0 Å². The van der Waals surface area contributed by atoms with Gasteiger partial charge in [0.2, 0.25) is 0 Å². The molecule has 1 unspecified atom stereocenters. The summed E-state index contributed by atoms with van der Waals surface area (Å²) in [6.07, 6.45) is 5.07. The van der Waals surface area contributed by atoms with Gasteiger partial charge in [-0.15, -0.1) is 0 Å². The number of ether oxygens (including phenoxy) is 1. The van der Waals surface area contributed by atoms with Crippen molar-refractivity contribution in [2.24, 2.45) is 5.92 Å². The van der Waals surface area contributed by atoms with E-state index in [9.17, 15) is 0 Å². The van der Waals surface area contributed by atoms with Crippen molar-refractivity contribution in [3.05, 3.63) is 24.3 Å². The summed E-state index contributed by atoms with van der Waals surface area (Å²) < 4.78 is 5.68. The Morgan fingerprint density at radius 2 is 2.35 bits per heavy atom. The van der Waals surface area contributed by atoms with Crippen molar-refractivity contribution in [1.82, 2.24) is 5.32 Å². The average Bonchev–Trinajstić information content (AvgIpc) is 2.36. The van der Waals surface area contributed by atoms with E-state index in [1.165, 1.54) is 32.4 Å². The Morgan fingerprint density at radius 3 is 3.12 bits per heavy atom. The third-order valence-corrected chi connectivity index (χ3v) is 3.28. The molecule has 0 radical (unpaired) electrons. The van der Waals surface area contributed by atoms with E-state index in [4.69, 9.17) is 10.5 Å². The standard InChI is InChI=1S/C14H22N2O/c15-13-6-1-7-14(10-13)17-9-3-5-12-4-2-8-16-11-12/h1,6-7,10,12,16H,2-5,8-9,11,15H2. The summed E-state index contributed by atoms with van der Waals surface area (Å²) in [7, 11) is 0. The molecule has 0 saturated carbocycles. The fourth-order valence-electron chi connectivity index (χ4n) is 2.34. The lowest BCUT2D eigenvalue weighted by Gasteiger charge is -2.22. The number of hydrogen-bond acceptors (Lipinski definition) is 3. The molecule has 1 aliphatic heterocycles. The van der Waals surface area contributed by atoms with Crippen LogP contribution in [0.15, 0.2) is 24.3 Å². The van der Waals surface area contributed by atoms with Gasteiger partial charge in [-0.2, -0.15) is 0 Å². The van der Waals surface area contributed by atoms with Gasteiger partial charge in [0.15, 0.2) is 0 Å². The van der Waals surface area contributed by atoms with Crippen molar-refractivity contribution >= 4 is 5.69 Å². The fourth-order valence-corrected chi connectivity index (χ4v) is 2.34. The molecule has 1 saturated heterocycles. The number of rotatable bonds is 5. The van der Waals surface area contributed by atoms with Crippen LogP contribution in [0.5, 0.6) is 5.75 Å².